The van der Waals surface area contributed by atoms with E-state index in [4.69, 9.17) is 0 Å². The molecule has 0 bridgehead atoms. The maximum Gasteiger partial charge on any atom is 0.315 e. The van der Waals surface area contributed by atoms with Gasteiger partial charge in [0.2, 0.25) is 5.91 Å². The number of carboxylic acid groups (broad SMARTS) is 1. The van der Waals surface area contributed by atoms with E-state index in [-0.39, 0.29) is 12.3 Å². The maximum absolute atomic E-state index is 13.7. The summed E-state index contributed by atoms with van der Waals surface area (Å²) in [5.41, 5.74) is 0. The number of aliphatic carboxylic acids is 1. The Balaban J connectivity index is 1.75. The summed E-state index contributed by atoms with van der Waals surface area (Å²) in [6, 6.07) is 9.74. The van der Waals surface area contributed by atoms with Crippen molar-refractivity contribution in [1.82, 2.24) is 15.5 Å². The van der Waals surface area contributed by atoms with Gasteiger partial charge in [-0.2, -0.15) is 0 Å². The van der Waals surface area contributed by atoms with Gasteiger partial charge in [-0.1, -0.05) is 31.9 Å². The highest BCUT2D eigenvalue weighted by Crippen LogP contribution is 2.25. The predicted octanol–water partition coefficient (Wildman–Crippen LogP) is 5.78. The van der Waals surface area contributed by atoms with E-state index in [9.17, 15) is 19.5 Å². The normalized spacial score (nSPS) is 12.6. The minimum absolute atomic E-state index is 0.142. The zero-order valence-corrected chi connectivity index (χ0v) is 22.3. The Morgan fingerprint density at radius 2 is 1.66 bits per heavy atom. The van der Waals surface area contributed by atoms with Gasteiger partial charge in [-0.25, -0.2) is 4.79 Å². The van der Waals surface area contributed by atoms with E-state index < -0.39 is 24.1 Å². The summed E-state index contributed by atoms with van der Waals surface area (Å²) in [7, 11) is 0. The van der Waals surface area contributed by atoms with Crippen molar-refractivity contribution in [3.05, 3.63) is 66.7 Å². The quantitative estimate of drug-likeness (QED) is 0.259. The monoisotopic (exact) mass is 533 g/mol. The molecule has 0 saturated carbocycles. The third kappa shape index (κ3) is 8.48. The fraction of sp³-hybridized carbons (Fsp3) is 0.400. The molecule has 0 aromatic carbocycles. The van der Waals surface area contributed by atoms with Gasteiger partial charge in [-0.3, -0.25) is 9.59 Å². The Labute approximate surface area is 217 Å². The molecule has 0 spiro atoms. The molecule has 0 saturated heterocycles. The van der Waals surface area contributed by atoms with E-state index in [1.807, 2.05) is 61.0 Å². The molecule has 3 aromatic heterocycles. The molecule has 0 aliphatic rings. The number of hydrogen-bond acceptors (Lipinski definition) is 6. The van der Waals surface area contributed by atoms with Crippen LogP contribution in [0.5, 0.6) is 0 Å². The number of urea groups is 1. The van der Waals surface area contributed by atoms with Gasteiger partial charge >= 0.3 is 12.0 Å². The summed E-state index contributed by atoms with van der Waals surface area (Å²) in [6.07, 6.45) is 1.95. The number of hydrogen-bond donors (Lipinski definition) is 3. The van der Waals surface area contributed by atoms with E-state index in [1.54, 1.807) is 27.6 Å². The molecule has 0 fully saturated rings. The van der Waals surface area contributed by atoms with E-state index in [0.29, 0.717) is 19.5 Å². The van der Waals surface area contributed by atoms with Crippen molar-refractivity contribution in [3.63, 3.8) is 0 Å². The molecule has 3 aromatic rings. The lowest BCUT2D eigenvalue weighted by Crippen LogP contribution is -2.51. The Bertz CT molecular complexity index is 1040. The molecular weight excluding hydrogens is 502 g/mol. The standard InChI is InChI=1S/C25H31N3O4S3/c1-3-4-9-20(26-25(32)27-21(14-23(29)30)22-11-10-17(2)35-22)24(31)28(15-18-7-5-12-33-18)16-19-8-6-13-34-19/h5-8,10-13,20-21H,3-4,9,14-16H2,1-2H3,(H,29,30)(H2,26,27,32)/t20-,21?/m0/s1. The van der Waals surface area contributed by atoms with Gasteiger partial charge in [-0.15, -0.1) is 34.0 Å². The number of unbranched alkanes of at least 4 members (excludes halogenated alkanes) is 1. The third-order valence-electron chi connectivity index (χ3n) is 5.40. The fourth-order valence-electron chi connectivity index (χ4n) is 3.68. The minimum atomic E-state index is -1.00. The number of carboxylic acids is 1. The predicted molar refractivity (Wildman–Crippen MR) is 142 cm³/mol. The molecule has 0 aliphatic heterocycles. The molecule has 0 radical (unpaired) electrons. The summed E-state index contributed by atoms with van der Waals surface area (Å²) in [6.45, 7) is 4.91. The largest absolute Gasteiger partial charge is 0.481 e. The second-order valence-corrected chi connectivity index (χ2v) is 11.6. The number of carbonyl (C=O) groups excluding carboxylic acids is 2. The summed E-state index contributed by atoms with van der Waals surface area (Å²) < 4.78 is 0. The maximum atomic E-state index is 13.7. The molecule has 7 nitrogen and oxygen atoms in total. The minimum Gasteiger partial charge on any atom is -0.481 e. The second kappa shape index (κ2) is 13.4. The number of amides is 3. The number of rotatable bonds is 13. The summed E-state index contributed by atoms with van der Waals surface area (Å²) in [5.74, 6) is -1.14. The number of nitrogens with one attached hydrogen (secondary N) is 2. The van der Waals surface area contributed by atoms with E-state index in [1.165, 1.54) is 11.3 Å². The number of carbonyl (C=O) groups is 3. The molecule has 188 valence electrons. The zero-order valence-electron chi connectivity index (χ0n) is 19.9. The van der Waals surface area contributed by atoms with Crippen LogP contribution in [0.2, 0.25) is 0 Å². The van der Waals surface area contributed by atoms with Gasteiger partial charge in [0.1, 0.15) is 6.04 Å². The van der Waals surface area contributed by atoms with Gasteiger partial charge in [0.25, 0.3) is 0 Å². The van der Waals surface area contributed by atoms with Crippen LogP contribution >= 0.6 is 34.0 Å². The van der Waals surface area contributed by atoms with Crippen LogP contribution in [0.25, 0.3) is 0 Å². The first-order valence-corrected chi connectivity index (χ1v) is 14.1. The summed E-state index contributed by atoms with van der Waals surface area (Å²) in [4.78, 5) is 43.8. The lowest BCUT2D eigenvalue weighted by molar-refractivity contribution is -0.137. The van der Waals surface area contributed by atoms with Gasteiger partial charge in [0, 0.05) is 19.5 Å². The van der Waals surface area contributed by atoms with E-state index in [0.717, 1.165) is 32.4 Å². The Morgan fingerprint density at radius 1 is 1.00 bits per heavy atom. The average molecular weight is 534 g/mol. The molecule has 0 aliphatic carbocycles. The molecule has 3 N–H and O–H groups in total. The van der Waals surface area contributed by atoms with E-state index >= 15 is 0 Å². The van der Waals surface area contributed by atoms with Gasteiger partial charge in [-0.05, 0) is 48.4 Å². The molecule has 3 rings (SSSR count). The van der Waals surface area contributed by atoms with E-state index in [2.05, 4.69) is 10.6 Å². The molecule has 1 unspecified atom stereocenters. The Hall–Kier alpha value is -2.69. The van der Waals surface area contributed by atoms with Crippen molar-refractivity contribution >= 4 is 51.9 Å². The van der Waals surface area contributed by atoms with Crippen LogP contribution in [0, 0.1) is 6.92 Å². The molecule has 10 heteroatoms. The van der Waals surface area contributed by atoms with Crippen LogP contribution in [0.3, 0.4) is 0 Å². The first kappa shape index (κ1) is 26.9. The Morgan fingerprint density at radius 3 is 2.14 bits per heavy atom. The van der Waals surface area contributed by atoms with Crippen LogP contribution in [-0.2, 0) is 22.7 Å². The van der Waals surface area contributed by atoms with Crippen LogP contribution in [-0.4, -0.2) is 34.0 Å². The lowest BCUT2D eigenvalue weighted by Gasteiger charge is -2.28. The van der Waals surface area contributed by atoms with Crippen molar-refractivity contribution in [2.75, 3.05) is 0 Å². The van der Waals surface area contributed by atoms with Gasteiger partial charge in [0.15, 0.2) is 0 Å². The van der Waals surface area contributed by atoms with Crippen molar-refractivity contribution in [2.45, 2.75) is 64.7 Å². The average Bonchev–Trinajstić information content (AvgIpc) is 3.58. The summed E-state index contributed by atoms with van der Waals surface area (Å²) >= 11 is 4.64. The molecule has 35 heavy (non-hydrogen) atoms. The summed E-state index contributed by atoms with van der Waals surface area (Å²) in [5, 5.41) is 18.9. The number of thiophene rings is 3. The topological polar surface area (TPSA) is 98.7 Å². The highest BCUT2D eigenvalue weighted by Gasteiger charge is 2.28. The molecule has 3 heterocycles. The van der Waals surface area contributed by atoms with Crippen molar-refractivity contribution in [3.8, 4) is 0 Å². The fourth-order valence-corrected chi connectivity index (χ4v) is 6.04. The number of aryl methyl sites for hydroxylation is 1. The van der Waals surface area contributed by atoms with Crippen molar-refractivity contribution < 1.29 is 19.5 Å². The molecule has 3 amide bonds. The third-order valence-corrected chi connectivity index (χ3v) is 8.24. The molecule has 2 atom stereocenters. The van der Waals surface area contributed by atoms with Crippen molar-refractivity contribution in [1.29, 1.82) is 0 Å². The smallest absolute Gasteiger partial charge is 0.315 e. The van der Waals surface area contributed by atoms with Gasteiger partial charge < -0.3 is 20.6 Å². The first-order chi connectivity index (χ1) is 16.9. The second-order valence-electron chi connectivity index (χ2n) is 8.26. The van der Waals surface area contributed by atoms with Crippen molar-refractivity contribution in [2.24, 2.45) is 0 Å². The van der Waals surface area contributed by atoms with Crippen LogP contribution in [0.1, 0.15) is 58.2 Å². The lowest BCUT2D eigenvalue weighted by atomic mass is 10.1. The zero-order chi connectivity index (χ0) is 25.2. The van der Waals surface area contributed by atoms with Crippen LogP contribution < -0.4 is 10.6 Å². The number of nitrogens with zero attached hydrogens (tertiary/aromatic N) is 1. The SMILES string of the molecule is CCCC[C@H](NC(=O)NC(CC(=O)O)c1ccc(C)s1)C(=O)N(Cc1cccs1)Cc1cccs1. The van der Waals surface area contributed by atoms with Crippen LogP contribution in [0.15, 0.2) is 47.2 Å². The first-order valence-electron chi connectivity index (χ1n) is 11.5. The van der Waals surface area contributed by atoms with Gasteiger partial charge in [0.05, 0.1) is 25.6 Å². The molecular formula is C25H31N3O4S3. The Kier molecular flexibility index (Phi) is 10.3. The van der Waals surface area contributed by atoms with Crippen LogP contribution in [0.4, 0.5) is 4.79 Å². The highest BCUT2D eigenvalue weighted by atomic mass is 32.1. The highest BCUT2D eigenvalue weighted by molar-refractivity contribution is 7.12.